The molecule has 0 aliphatic heterocycles. The molecule has 216 valence electrons. The summed E-state index contributed by atoms with van der Waals surface area (Å²) in [5.41, 5.74) is 8.00. The van der Waals surface area contributed by atoms with Gasteiger partial charge in [-0.2, -0.15) is 0 Å². The van der Waals surface area contributed by atoms with Gasteiger partial charge < -0.3 is 9.32 Å². The van der Waals surface area contributed by atoms with E-state index in [-0.39, 0.29) is 0 Å². The molecule has 0 aliphatic rings. The van der Waals surface area contributed by atoms with Crippen molar-refractivity contribution in [2.75, 3.05) is 4.90 Å². The molecule has 0 bridgehead atoms. The summed E-state index contributed by atoms with van der Waals surface area (Å²) >= 11 is 0. The number of para-hydroxylation sites is 1. The SMILES string of the molecule is c1ccc2cc(-c3nc4cccc(-c5ccc(N(c6ccc7ccccc7c6)c6ccc7ccccc7c6)cc5)c4o3)ccc2c1. The zero-order valence-corrected chi connectivity index (χ0v) is 25.0. The number of oxazole rings is 1. The molecule has 0 saturated heterocycles. The monoisotopic (exact) mass is 588 g/mol. The minimum Gasteiger partial charge on any atom is -0.435 e. The minimum atomic E-state index is 0.628. The third-order valence-electron chi connectivity index (χ3n) is 8.83. The summed E-state index contributed by atoms with van der Waals surface area (Å²) < 4.78 is 6.47. The van der Waals surface area contributed by atoms with Crippen LogP contribution in [0.5, 0.6) is 0 Å². The molecule has 3 nitrogen and oxygen atoms in total. The number of hydrogen-bond donors (Lipinski definition) is 0. The number of rotatable bonds is 5. The molecule has 3 heteroatoms. The minimum absolute atomic E-state index is 0.628. The molecule has 0 radical (unpaired) electrons. The Morgan fingerprint density at radius 1 is 0.391 bits per heavy atom. The van der Waals surface area contributed by atoms with Gasteiger partial charge in [0.2, 0.25) is 5.89 Å². The lowest BCUT2D eigenvalue weighted by Crippen LogP contribution is -2.09. The Labute approximate surface area is 266 Å². The summed E-state index contributed by atoms with van der Waals surface area (Å²) in [6.45, 7) is 0. The first-order valence-electron chi connectivity index (χ1n) is 15.5. The third kappa shape index (κ3) is 4.58. The molecule has 1 aromatic heterocycles. The van der Waals surface area contributed by atoms with Crippen LogP contribution in [0.2, 0.25) is 0 Å². The maximum atomic E-state index is 6.47. The molecule has 46 heavy (non-hydrogen) atoms. The molecule has 0 fully saturated rings. The molecule has 0 unspecified atom stereocenters. The van der Waals surface area contributed by atoms with Gasteiger partial charge in [-0.05, 0) is 92.5 Å². The number of anilines is 3. The van der Waals surface area contributed by atoms with Crippen LogP contribution in [-0.2, 0) is 0 Å². The van der Waals surface area contributed by atoms with Gasteiger partial charge in [0.15, 0.2) is 5.58 Å². The van der Waals surface area contributed by atoms with Crippen LogP contribution in [0.3, 0.4) is 0 Å². The van der Waals surface area contributed by atoms with Crippen LogP contribution in [0.1, 0.15) is 0 Å². The topological polar surface area (TPSA) is 29.3 Å². The van der Waals surface area contributed by atoms with Crippen molar-refractivity contribution in [3.8, 4) is 22.6 Å². The average molecular weight is 589 g/mol. The molecule has 9 aromatic rings. The fourth-order valence-corrected chi connectivity index (χ4v) is 6.49. The van der Waals surface area contributed by atoms with Crippen LogP contribution in [0.4, 0.5) is 17.1 Å². The summed E-state index contributed by atoms with van der Waals surface area (Å²) in [6, 6.07) is 60.0. The summed E-state index contributed by atoms with van der Waals surface area (Å²) in [5.74, 6) is 0.628. The molecule has 0 aliphatic carbocycles. The Kier molecular flexibility index (Phi) is 6.14. The standard InChI is InChI=1S/C43H28N2O/c1-4-11-33-26-36(17-16-29(33)8-1)43-44-41-15-7-14-40(42(41)46-43)32-20-22-37(23-21-32)45(38-24-18-30-9-2-5-12-34(30)27-38)39-25-19-31-10-3-6-13-35(31)28-39/h1-28H. The van der Waals surface area contributed by atoms with Gasteiger partial charge in [-0.15, -0.1) is 0 Å². The van der Waals surface area contributed by atoms with Gasteiger partial charge in [-0.1, -0.05) is 115 Å². The van der Waals surface area contributed by atoms with E-state index in [1.54, 1.807) is 0 Å². The fraction of sp³-hybridized carbons (Fsp3) is 0. The molecule has 8 aromatic carbocycles. The van der Waals surface area contributed by atoms with E-state index in [0.29, 0.717) is 5.89 Å². The molecule has 0 saturated carbocycles. The zero-order valence-electron chi connectivity index (χ0n) is 25.0. The van der Waals surface area contributed by atoms with Crippen LogP contribution in [0.25, 0.3) is 66.0 Å². The summed E-state index contributed by atoms with van der Waals surface area (Å²) in [5, 5.41) is 7.24. The highest BCUT2D eigenvalue weighted by Crippen LogP contribution is 2.39. The number of aromatic nitrogens is 1. The second kappa shape index (κ2) is 10.8. The van der Waals surface area contributed by atoms with Gasteiger partial charge in [-0.3, -0.25) is 0 Å². The zero-order chi connectivity index (χ0) is 30.5. The third-order valence-corrected chi connectivity index (χ3v) is 8.83. The van der Waals surface area contributed by atoms with Crippen molar-refractivity contribution in [2.24, 2.45) is 0 Å². The Morgan fingerprint density at radius 3 is 1.50 bits per heavy atom. The second-order valence-corrected chi connectivity index (χ2v) is 11.7. The normalized spacial score (nSPS) is 11.5. The largest absolute Gasteiger partial charge is 0.435 e. The lowest BCUT2D eigenvalue weighted by Gasteiger charge is -2.26. The molecule has 0 amide bonds. The van der Waals surface area contributed by atoms with E-state index in [4.69, 9.17) is 9.40 Å². The smallest absolute Gasteiger partial charge is 0.227 e. The molecule has 0 N–H and O–H groups in total. The van der Waals surface area contributed by atoms with Crippen molar-refractivity contribution in [2.45, 2.75) is 0 Å². The predicted octanol–water partition coefficient (Wildman–Crippen LogP) is 12.1. The number of benzene rings is 8. The highest BCUT2D eigenvalue weighted by molar-refractivity contribution is 5.95. The number of hydrogen-bond acceptors (Lipinski definition) is 3. The first-order valence-corrected chi connectivity index (χ1v) is 15.5. The van der Waals surface area contributed by atoms with Gasteiger partial charge in [0.25, 0.3) is 0 Å². The van der Waals surface area contributed by atoms with Gasteiger partial charge in [0.1, 0.15) is 5.52 Å². The molecule has 0 atom stereocenters. The van der Waals surface area contributed by atoms with Crippen LogP contribution in [-0.4, -0.2) is 4.98 Å². The van der Waals surface area contributed by atoms with Crippen molar-refractivity contribution >= 4 is 60.5 Å². The molecule has 0 spiro atoms. The van der Waals surface area contributed by atoms with Gasteiger partial charge in [0.05, 0.1) is 0 Å². The van der Waals surface area contributed by atoms with Crippen molar-refractivity contribution in [3.05, 3.63) is 170 Å². The van der Waals surface area contributed by atoms with Crippen LogP contribution in [0.15, 0.2) is 174 Å². The Balaban J connectivity index is 1.13. The van der Waals surface area contributed by atoms with Gasteiger partial charge in [-0.25, -0.2) is 4.98 Å². The van der Waals surface area contributed by atoms with Gasteiger partial charge >= 0.3 is 0 Å². The van der Waals surface area contributed by atoms with E-state index in [1.807, 2.05) is 6.07 Å². The van der Waals surface area contributed by atoms with Crippen molar-refractivity contribution < 1.29 is 4.42 Å². The summed E-state index contributed by atoms with van der Waals surface area (Å²) in [7, 11) is 0. The van der Waals surface area contributed by atoms with Crippen LogP contribution < -0.4 is 4.90 Å². The Bertz CT molecular complexity index is 2470. The van der Waals surface area contributed by atoms with Crippen LogP contribution >= 0.6 is 0 Å². The van der Waals surface area contributed by atoms with E-state index >= 15 is 0 Å². The van der Waals surface area contributed by atoms with E-state index in [1.165, 1.54) is 32.3 Å². The quantitative estimate of drug-likeness (QED) is 0.200. The Hall–Kier alpha value is -6.19. The van der Waals surface area contributed by atoms with Crippen molar-refractivity contribution in [1.82, 2.24) is 4.98 Å². The molecule has 9 rings (SSSR count). The lowest BCUT2D eigenvalue weighted by atomic mass is 10.0. The van der Waals surface area contributed by atoms with E-state index in [0.717, 1.165) is 44.9 Å². The molecule has 1 heterocycles. The first-order chi connectivity index (χ1) is 22.8. The first kappa shape index (κ1) is 26.2. The maximum absolute atomic E-state index is 6.47. The van der Waals surface area contributed by atoms with Crippen molar-refractivity contribution in [3.63, 3.8) is 0 Å². The van der Waals surface area contributed by atoms with Crippen molar-refractivity contribution in [1.29, 1.82) is 0 Å². The highest BCUT2D eigenvalue weighted by Gasteiger charge is 2.17. The van der Waals surface area contributed by atoms with E-state index in [9.17, 15) is 0 Å². The molecular weight excluding hydrogens is 560 g/mol. The fourth-order valence-electron chi connectivity index (χ4n) is 6.49. The van der Waals surface area contributed by atoms with E-state index < -0.39 is 0 Å². The molecular formula is C43H28N2O. The van der Waals surface area contributed by atoms with E-state index in [2.05, 4.69) is 169 Å². The average Bonchev–Trinajstić information content (AvgIpc) is 3.57. The summed E-state index contributed by atoms with van der Waals surface area (Å²) in [6.07, 6.45) is 0. The van der Waals surface area contributed by atoms with Gasteiger partial charge in [0, 0.05) is 28.2 Å². The predicted molar refractivity (Wildman–Crippen MR) is 192 cm³/mol. The Morgan fingerprint density at radius 2 is 0.891 bits per heavy atom. The lowest BCUT2D eigenvalue weighted by molar-refractivity contribution is 0.621. The maximum Gasteiger partial charge on any atom is 0.227 e. The number of nitrogens with zero attached hydrogens (tertiary/aromatic N) is 2. The second-order valence-electron chi connectivity index (χ2n) is 11.7. The summed E-state index contributed by atoms with van der Waals surface area (Å²) in [4.78, 5) is 7.20. The highest BCUT2D eigenvalue weighted by atomic mass is 16.3. The number of fused-ring (bicyclic) bond motifs is 4. The van der Waals surface area contributed by atoms with Crippen LogP contribution in [0, 0.1) is 0 Å².